The highest BCUT2D eigenvalue weighted by Crippen LogP contribution is 2.15. The number of hydrogen-bond acceptors (Lipinski definition) is 5. The lowest BCUT2D eigenvalue weighted by Gasteiger charge is -2.10. The normalized spacial score (nSPS) is 11.1. The fraction of sp³-hybridized carbons (Fsp3) is 0.286. The van der Waals surface area contributed by atoms with Gasteiger partial charge < -0.3 is 16.0 Å². The van der Waals surface area contributed by atoms with Crippen LogP contribution in [0.3, 0.4) is 0 Å². The lowest BCUT2D eigenvalue weighted by molar-refractivity contribution is -0.119. The lowest BCUT2D eigenvalue weighted by atomic mass is 10.2. The molecule has 0 aliphatic rings. The number of carbonyl (C=O) groups excluding carboxylic acids is 3. The summed E-state index contributed by atoms with van der Waals surface area (Å²) in [4.78, 5) is 34.9. The Morgan fingerprint density at radius 3 is 1.94 bits per heavy atom. The van der Waals surface area contributed by atoms with Crippen LogP contribution in [0.2, 0.25) is 0 Å². The molecule has 10 heteroatoms. The molecule has 0 unspecified atom stereocenters. The van der Waals surface area contributed by atoms with E-state index >= 15 is 0 Å². The summed E-state index contributed by atoms with van der Waals surface area (Å²) < 4.78 is 27.2. The summed E-state index contributed by atoms with van der Waals surface area (Å²) in [6, 6.07) is 12.1. The van der Waals surface area contributed by atoms with Crippen molar-refractivity contribution in [3.05, 3.63) is 54.1 Å². The summed E-state index contributed by atoms with van der Waals surface area (Å²) in [5.41, 5.74) is 1.47. The molecule has 0 aromatic heterocycles. The summed E-state index contributed by atoms with van der Waals surface area (Å²) >= 11 is 0. The second-order valence-electron chi connectivity index (χ2n) is 7.08. The summed E-state index contributed by atoms with van der Waals surface area (Å²) in [6.45, 7) is 5.01. The van der Waals surface area contributed by atoms with Crippen molar-refractivity contribution in [1.29, 1.82) is 0 Å². The van der Waals surface area contributed by atoms with Crippen molar-refractivity contribution in [2.75, 3.05) is 23.7 Å². The number of sulfonamides is 1. The molecule has 31 heavy (non-hydrogen) atoms. The van der Waals surface area contributed by atoms with Gasteiger partial charge >= 0.3 is 0 Å². The minimum atomic E-state index is -3.76. The van der Waals surface area contributed by atoms with Crippen molar-refractivity contribution >= 4 is 39.1 Å². The molecule has 0 spiro atoms. The van der Waals surface area contributed by atoms with E-state index < -0.39 is 10.0 Å². The maximum Gasteiger partial charge on any atom is 0.251 e. The number of anilines is 2. The van der Waals surface area contributed by atoms with E-state index in [4.69, 9.17) is 0 Å². The Hall–Kier alpha value is -3.24. The van der Waals surface area contributed by atoms with Gasteiger partial charge in [-0.15, -0.1) is 0 Å². The van der Waals surface area contributed by atoms with E-state index in [1.54, 1.807) is 38.1 Å². The first kappa shape index (κ1) is 24.0. The molecule has 2 rings (SSSR count). The monoisotopic (exact) mass is 446 g/mol. The largest absolute Gasteiger partial charge is 0.351 e. The average Bonchev–Trinajstić information content (AvgIpc) is 2.71. The van der Waals surface area contributed by atoms with Crippen molar-refractivity contribution in [3.63, 3.8) is 0 Å². The molecule has 166 valence electrons. The molecule has 2 aromatic carbocycles. The fourth-order valence-corrected chi connectivity index (χ4v) is 3.49. The zero-order chi connectivity index (χ0) is 23.0. The van der Waals surface area contributed by atoms with Crippen LogP contribution < -0.4 is 20.7 Å². The predicted molar refractivity (Wildman–Crippen MR) is 118 cm³/mol. The molecule has 0 atom stereocenters. The van der Waals surface area contributed by atoms with Crippen LogP contribution in [-0.4, -0.2) is 39.2 Å². The number of hydrogen-bond donors (Lipinski definition) is 4. The Bertz CT molecular complexity index is 1030. The Balaban J connectivity index is 1.83. The van der Waals surface area contributed by atoms with Crippen LogP contribution in [0.1, 0.15) is 31.1 Å². The molecule has 0 radical (unpaired) electrons. The molecule has 2 aromatic rings. The van der Waals surface area contributed by atoms with Gasteiger partial charge in [0.2, 0.25) is 21.8 Å². The van der Waals surface area contributed by atoms with Gasteiger partial charge in [-0.3, -0.25) is 14.4 Å². The zero-order valence-corrected chi connectivity index (χ0v) is 18.4. The van der Waals surface area contributed by atoms with Crippen molar-refractivity contribution < 1.29 is 22.8 Å². The third-order valence-corrected chi connectivity index (χ3v) is 5.60. The molecular weight excluding hydrogens is 420 g/mol. The second-order valence-corrected chi connectivity index (χ2v) is 8.85. The Labute approximate surface area is 181 Å². The highest BCUT2D eigenvalue weighted by atomic mass is 32.2. The molecular formula is C21H26N4O5S. The van der Waals surface area contributed by atoms with Crippen molar-refractivity contribution in [2.24, 2.45) is 5.92 Å². The van der Waals surface area contributed by atoms with E-state index in [0.29, 0.717) is 16.9 Å². The van der Waals surface area contributed by atoms with Crippen LogP contribution in [0, 0.1) is 5.92 Å². The molecule has 3 amide bonds. The van der Waals surface area contributed by atoms with E-state index in [1.807, 2.05) is 0 Å². The van der Waals surface area contributed by atoms with Gasteiger partial charge in [0.15, 0.2) is 0 Å². The van der Waals surface area contributed by atoms with Gasteiger partial charge in [-0.05, 0) is 48.5 Å². The Kier molecular flexibility index (Phi) is 8.29. The van der Waals surface area contributed by atoms with E-state index in [-0.39, 0.29) is 41.6 Å². The standard InChI is InChI=1S/C21H26N4O5S/c1-14(2)20(27)25-18-8-10-19(11-9-18)31(29,30)23-13-12-22-21(28)16-4-6-17(7-5-16)24-15(3)26/h4-11,14,23H,12-13H2,1-3H3,(H,22,28)(H,24,26)(H,25,27). The number of amides is 3. The summed E-state index contributed by atoms with van der Waals surface area (Å²) in [6.07, 6.45) is 0. The summed E-state index contributed by atoms with van der Waals surface area (Å²) in [5.74, 6) is -0.914. The van der Waals surface area contributed by atoms with Crippen molar-refractivity contribution in [2.45, 2.75) is 25.7 Å². The molecule has 0 aliphatic heterocycles. The highest BCUT2D eigenvalue weighted by Gasteiger charge is 2.14. The molecule has 0 aliphatic carbocycles. The Morgan fingerprint density at radius 1 is 0.839 bits per heavy atom. The molecule has 9 nitrogen and oxygen atoms in total. The maximum absolute atomic E-state index is 12.4. The van der Waals surface area contributed by atoms with E-state index in [1.165, 1.54) is 31.2 Å². The molecule has 0 fully saturated rings. The number of nitrogens with one attached hydrogen (secondary N) is 4. The summed E-state index contributed by atoms with van der Waals surface area (Å²) in [5, 5.41) is 7.92. The van der Waals surface area contributed by atoms with Crippen LogP contribution in [0.25, 0.3) is 0 Å². The fourth-order valence-electron chi connectivity index (χ4n) is 2.46. The minimum Gasteiger partial charge on any atom is -0.351 e. The van der Waals surface area contributed by atoms with Crippen LogP contribution >= 0.6 is 0 Å². The van der Waals surface area contributed by atoms with E-state index in [9.17, 15) is 22.8 Å². The first-order valence-corrected chi connectivity index (χ1v) is 11.1. The maximum atomic E-state index is 12.4. The smallest absolute Gasteiger partial charge is 0.251 e. The van der Waals surface area contributed by atoms with Crippen LogP contribution in [0.15, 0.2) is 53.4 Å². The topological polar surface area (TPSA) is 133 Å². The van der Waals surface area contributed by atoms with E-state index in [0.717, 1.165) is 0 Å². The second kappa shape index (κ2) is 10.7. The van der Waals surface area contributed by atoms with Gasteiger partial charge in [0, 0.05) is 42.9 Å². The number of rotatable bonds is 9. The summed E-state index contributed by atoms with van der Waals surface area (Å²) in [7, 11) is -3.76. The van der Waals surface area contributed by atoms with Gasteiger partial charge in [-0.2, -0.15) is 0 Å². The third kappa shape index (κ3) is 7.50. The van der Waals surface area contributed by atoms with Gasteiger partial charge in [-0.1, -0.05) is 13.8 Å². The van der Waals surface area contributed by atoms with Gasteiger partial charge in [0.1, 0.15) is 0 Å². The molecule has 0 saturated carbocycles. The molecule has 0 heterocycles. The Morgan fingerprint density at radius 2 is 1.39 bits per heavy atom. The van der Waals surface area contributed by atoms with Gasteiger partial charge in [0.05, 0.1) is 4.90 Å². The van der Waals surface area contributed by atoms with E-state index in [2.05, 4.69) is 20.7 Å². The highest BCUT2D eigenvalue weighted by molar-refractivity contribution is 7.89. The van der Waals surface area contributed by atoms with Crippen molar-refractivity contribution in [3.8, 4) is 0 Å². The first-order chi connectivity index (χ1) is 14.6. The van der Waals surface area contributed by atoms with Crippen molar-refractivity contribution in [1.82, 2.24) is 10.0 Å². The molecule has 0 bridgehead atoms. The van der Waals surface area contributed by atoms with Crippen LogP contribution in [-0.2, 0) is 19.6 Å². The average molecular weight is 447 g/mol. The van der Waals surface area contributed by atoms with Gasteiger partial charge in [0.25, 0.3) is 5.91 Å². The SMILES string of the molecule is CC(=O)Nc1ccc(C(=O)NCCNS(=O)(=O)c2ccc(NC(=O)C(C)C)cc2)cc1. The quantitative estimate of drug-likeness (QED) is 0.437. The number of carbonyl (C=O) groups is 3. The molecule has 4 N–H and O–H groups in total. The predicted octanol–water partition coefficient (Wildman–Crippen LogP) is 1.95. The van der Waals surface area contributed by atoms with Gasteiger partial charge in [-0.25, -0.2) is 13.1 Å². The number of benzene rings is 2. The first-order valence-electron chi connectivity index (χ1n) is 9.65. The third-order valence-electron chi connectivity index (χ3n) is 4.13. The van der Waals surface area contributed by atoms with Crippen LogP contribution in [0.4, 0.5) is 11.4 Å². The zero-order valence-electron chi connectivity index (χ0n) is 17.6. The van der Waals surface area contributed by atoms with Crippen LogP contribution in [0.5, 0.6) is 0 Å². The minimum absolute atomic E-state index is 0.00385. The molecule has 0 saturated heterocycles. The lowest BCUT2D eigenvalue weighted by Crippen LogP contribution is -2.34.